The third kappa shape index (κ3) is 4.65. The maximum atomic E-state index is 12.5. The maximum absolute atomic E-state index is 12.5. The Labute approximate surface area is 173 Å². The highest BCUT2D eigenvalue weighted by molar-refractivity contribution is 5.96. The lowest BCUT2D eigenvalue weighted by Crippen LogP contribution is -2.31. The second-order valence-corrected chi connectivity index (χ2v) is 6.65. The SMILES string of the molecule is CCOc1ccccc1NC(=O)[C@@H](C)OC(=O)Cc1nn(C)c(=O)c2ccccc12. The number of aromatic nitrogens is 2. The Morgan fingerprint density at radius 1 is 1.10 bits per heavy atom. The summed E-state index contributed by atoms with van der Waals surface area (Å²) in [6, 6.07) is 13.9. The van der Waals surface area contributed by atoms with Crippen LogP contribution >= 0.6 is 0 Å². The van der Waals surface area contributed by atoms with E-state index in [9.17, 15) is 14.4 Å². The van der Waals surface area contributed by atoms with E-state index in [0.717, 1.165) is 0 Å². The van der Waals surface area contributed by atoms with Crippen LogP contribution in [0, 0.1) is 0 Å². The van der Waals surface area contributed by atoms with Crippen molar-refractivity contribution in [3.05, 3.63) is 64.6 Å². The number of ether oxygens (including phenoxy) is 2. The molecule has 0 fully saturated rings. The van der Waals surface area contributed by atoms with Gasteiger partial charge in [0, 0.05) is 12.4 Å². The number of fused-ring (bicyclic) bond motifs is 1. The Balaban J connectivity index is 1.70. The molecule has 1 N–H and O–H groups in total. The van der Waals surface area contributed by atoms with Crippen LogP contribution in [0.3, 0.4) is 0 Å². The van der Waals surface area contributed by atoms with Gasteiger partial charge < -0.3 is 14.8 Å². The van der Waals surface area contributed by atoms with Gasteiger partial charge in [-0.15, -0.1) is 0 Å². The topological polar surface area (TPSA) is 99.5 Å². The van der Waals surface area contributed by atoms with Gasteiger partial charge in [0.15, 0.2) is 6.10 Å². The number of amides is 1. The summed E-state index contributed by atoms with van der Waals surface area (Å²) in [5.41, 5.74) is 0.661. The Bertz CT molecular complexity index is 1140. The number of para-hydroxylation sites is 2. The van der Waals surface area contributed by atoms with Gasteiger partial charge in [0.1, 0.15) is 5.75 Å². The van der Waals surface area contributed by atoms with Crippen LogP contribution in [0.5, 0.6) is 5.75 Å². The molecule has 0 aliphatic carbocycles. The van der Waals surface area contributed by atoms with E-state index in [-0.39, 0.29) is 12.0 Å². The number of anilines is 1. The fourth-order valence-electron chi connectivity index (χ4n) is 3.02. The van der Waals surface area contributed by atoms with Crippen molar-refractivity contribution in [3.8, 4) is 5.75 Å². The highest BCUT2D eigenvalue weighted by Crippen LogP contribution is 2.24. The van der Waals surface area contributed by atoms with Gasteiger partial charge in [0.05, 0.1) is 29.8 Å². The average Bonchev–Trinajstić information content (AvgIpc) is 2.73. The number of nitrogens with zero attached hydrogens (tertiary/aromatic N) is 2. The number of rotatable bonds is 7. The third-order valence-corrected chi connectivity index (χ3v) is 4.47. The van der Waals surface area contributed by atoms with Crippen molar-refractivity contribution in [2.45, 2.75) is 26.4 Å². The monoisotopic (exact) mass is 409 g/mol. The molecule has 3 rings (SSSR count). The number of benzene rings is 2. The Hall–Kier alpha value is -3.68. The summed E-state index contributed by atoms with van der Waals surface area (Å²) in [6.07, 6.45) is -1.19. The molecule has 1 heterocycles. The Kier molecular flexibility index (Phi) is 6.46. The number of nitrogens with one attached hydrogen (secondary N) is 1. The standard InChI is InChI=1S/C22H23N3O5/c1-4-29-19-12-8-7-11-17(19)23-21(27)14(2)30-20(26)13-18-15-9-5-6-10-16(15)22(28)25(3)24-18/h5-12,14H,4,13H2,1-3H3,(H,23,27)/t14-/m1/s1. The van der Waals surface area contributed by atoms with Gasteiger partial charge in [-0.25, -0.2) is 4.68 Å². The van der Waals surface area contributed by atoms with Crippen LogP contribution in [0.15, 0.2) is 53.3 Å². The van der Waals surface area contributed by atoms with Gasteiger partial charge in [-0.1, -0.05) is 30.3 Å². The molecule has 2 aromatic carbocycles. The Morgan fingerprint density at radius 2 is 1.77 bits per heavy atom. The smallest absolute Gasteiger partial charge is 0.312 e. The first-order valence-corrected chi connectivity index (χ1v) is 9.57. The van der Waals surface area contributed by atoms with Crippen molar-refractivity contribution in [2.75, 3.05) is 11.9 Å². The highest BCUT2D eigenvalue weighted by Gasteiger charge is 2.21. The molecule has 30 heavy (non-hydrogen) atoms. The van der Waals surface area contributed by atoms with E-state index in [0.29, 0.717) is 34.5 Å². The van der Waals surface area contributed by atoms with Crippen LogP contribution in [0.25, 0.3) is 10.8 Å². The summed E-state index contributed by atoms with van der Waals surface area (Å²) >= 11 is 0. The van der Waals surface area contributed by atoms with Crippen molar-refractivity contribution < 1.29 is 19.1 Å². The first-order valence-electron chi connectivity index (χ1n) is 9.57. The molecule has 0 unspecified atom stereocenters. The van der Waals surface area contributed by atoms with E-state index in [1.807, 2.05) is 6.92 Å². The van der Waals surface area contributed by atoms with E-state index in [2.05, 4.69) is 10.4 Å². The second kappa shape index (κ2) is 9.21. The van der Waals surface area contributed by atoms with E-state index in [1.165, 1.54) is 18.7 Å². The molecule has 8 nitrogen and oxygen atoms in total. The molecule has 156 valence electrons. The quantitative estimate of drug-likeness (QED) is 0.602. The van der Waals surface area contributed by atoms with E-state index in [4.69, 9.17) is 9.47 Å². The summed E-state index contributed by atoms with van der Waals surface area (Å²) in [7, 11) is 1.52. The molecule has 0 saturated heterocycles. The molecule has 3 aromatic rings. The van der Waals surface area contributed by atoms with Crippen LogP contribution < -0.4 is 15.6 Å². The zero-order valence-electron chi connectivity index (χ0n) is 17.0. The van der Waals surface area contributed by atoms with Crippen molar-refractivity contribution in [2.24, 2.45) is 7.05 Å². The van der Waals surface area contributed by atoms with Gasteiger partial charge in [-0.2, -0.15) is 5.10 Å². The maximum Gasteiger partial charge on any atom is 0.312 e. The summed E-state index contributed by atoms with van der Waals surface area (Å²) in [4.78, 5) is 37.1. The van der Waals surface area contributed by atoms with Crippen LogP contribution in [-0.4, -0.2) is 34.4 Å². The van der Waals surface area contributed by atoms with Crippen LogP contribution in [0.4, 0.5) is 5.69 Å². The molecule has 0 saturated carbocycles. The molecule has 0 spiro atoms. The number of carbonyl (C=O) groups is 2. The summed E-state index contributed by atoms with van der Waals surface area (Å²) in [6.45, 7) is 3.79. The minimum Gasteiger partial charge on any atom is -0.492 e. The van der Waals surface area contributed by atoms with Gasteiger partial charge in [0.2, 0.25) is 0 Å². The highest BCUT2D eigenvalue weighted by atomic mass is 16.5. The molecule has 1 atom stereocenters. The van der Waals surface area contributed by atoms with Crippen molar-refractivity contribution >= 4 is 28.3 Å². The predicted octanol–water partition coefficient (Wildman–Crippen LogP) is 2.45. The van der Waals surface area contributed by atoms with Crippen LogP contribution in [0.2, 0.25) is 0 Å². The fraction of sp³-hybridized carbons (Fsp3) is 0.273. The largest absolute Gasteiger partial charge is 0.492 e. The average molecular weight is 409 g/mol. The van der Waals surface area contributed by atoms with Crippen LogP contribution in [0.1, 0.15) is 19.5 Å². The van der Waals surface area contributed by atoms with Crippen LogP contribution in [-0.2, 0) is 27.8 Å². The van der Waals surface area contributed by atoms with E-state index < -0.39 is 18.0 Å². The van der Waals surface area contributed by atoms with E-state index >= 15 is 0 Å². The van der Waals surface area contributed by atoms with Crippen molar-refractivity contribution in [3.63, 3.8) is 0 Å². The molecule has 0 radical (unpaired) electrons. The van der Waals surface area contributed by atoms with Gasteiger partial charge in [0.25, 0.3) is 11.5 Å². The molecular formula is C22H23N3O5. The minimum absolute atomic E-state index is 0.165. The predicted molar refractivity (Wildman–Crippen MR) is 112 cm³/mol. The molecule has 1 amide bonds. The number of esters is 1. The number of aryl methyl sites for hydroxylation is 1. The summed E-state index contributed by atoms with van der Waals surface area (Å²) in [5.74, 6) is -0.562. The zero-order chi connectivity index (χ0) is 21.7. The molecule has 0 bridgehead atoms. The van der Waals surface area contributed by atoms with Gasteiger partial charge in [-0.3, -0.25) is 14.4 Å². The first kappa shape index (κ1) is 21.0. The molecule has 8 heteroatoms. The van der Waals surface area contributed by atoms with Gasteiger partial charge >= 0.3 is 5.97 Å². The molecule has 1 aromatic heterocycles. The van der Waals surface area contributed by atoms with E-state index in [1.54, 1.807) is 48.5 Å². The number of hydrogen-bond donors (Lipinski definition) is 1. The summed E-state index contributed by atoms with van der Waals surface area (Å²) < 4.78 is 12.0. The number of hydrogen-bond acceptors (Lipinski definition) is 6. The normalized spacial score (nSPS) is 11.7. The van der Waals surface area contributed by atoms with Crippen molar-refractivity contribution in [1.82, 2.24) is 9.78 Å². The Morgan fingerprint density at radius 3 is 2.50 bits per heavy atom. The summed E-state index contributed by atoms with van der Waals surface area (Å²) in [5, 5.41) is 7.94. The number of carbonyl (C=O) groups excluding carboxylic acids is 2. The second-order valence-electron chi connectivity index (χ2n) is 6.65. The fourth-order valence-corrected chi connectivity index (χ4v) is 3.02. The molecule has 0 aliphatic heterocycles. The third-order valence-electron chi connectivity index (χ3n) is 4.47. The lowest BCUT2D eigenvalue weighted by Gasteiger charge is -2.16. The molecular weight excluding hydrogens is 386 g/mol. The van der Waals surface area contributed by atoms with Gasteiger partial charge in [-0.05, 0) is 32.0 Å². The first-order chi connectivity index (χ1) is 14.4. The lowest BCUT2D eigenvalue weighted by atomic mass is 10.1. The lowest BCUT2D eigenvalue weighted by molar-refractivity contribution is -0.152. The zero-order valence-corrected chi connectivity index (χ0v) is 17.0. The van der Waals surface area contributed by atoms with Crippen molar-refractivity contribution in [1.29, 1.82) is 0 Å². The molecule has 0 aliphatic rings. The minimum atomic E-state index is -1.02.